The molecule has 1 aliphatic rings. The maximum Gasteiger partial charge on any atom is 0.0604 e. The first-order chi connectivity index (χ1) is 6.86. The van der Waals surface area contributed by atoms with E-state index in [4.69, 9.17) is 4.74 Å². The van der Waals surface area contributed by atoms with Gasteiger partial charge in [-0.25, -0.2) is 0 Å². The van der Waals surface area contributed by atoms with Gasteiger partial charge in [-0.05, 0) is 44.2 Å². The number of hydrogen-bond acceptors (Lipinski definition) is 3. The predicted molar refractivity (Wildman–Crippen MR) is 64.1 cm³/mol. The van der Waals surface area contributed by atoms with Crippen molar-refractivity contribution in [2.75, 3.05) is 25.2 Å². The van der Waals surface area contributed by atoms with Gasteiger partial charge in [0.1, 0.15) is 0 Å². The lowest BCUT2D eigenvalue weighted by Gasteiger charge is -2.35. The zero-order valence-corrected chi connectivity index (χ0v) is 10.2. The average Bonchev–Trinajstić information content (AvgIpc) is 2.14. The van der Waals surface area contributed by atoms with Gasteiger partial charge < -0.3 is 10.1 Å². The molecule has 2 nitrogen and oxygen atoms in total. The van der Waals surface area contributed by atoms with Crippen LogP contribution in [0.3, 0.4) is 0 Å². The van der Waals surface area contributed by atoms with E-state index in [2.05, 4.69) is 18.5 Å². The molecule has 0 aromatic carbocycles. The predicted octanol–water partition coefficient (Wildman–Crippen LogP) is 2.29. The third-order valence-electron chi connectivity index (χ3n) is 2.62. The Morgan fingerprint density at radius 1 is 1.43 bits per heavy atom. The van der Waals surface area contributed by atoms with Crippen molar-refractivity contribution in [1.82, 2.24) is 5.32 Å². The van der Waals surface area contributed by atoms with Crippen LogP contribution in [0.2, 0.25) is 0 Å². The molecule has 1 saturated carbocycles. The van der Waals surface area contributed by atoms with Crippen LogP contribution in [-0.2, 0) is 4.74 Å². The molecule has 0 heterocycles. The van der Waals surface area contributed by atoms with E-state index in [0.29, 0.717) is 6.10 Å². The van der Waals surface area contributed by atoms with Crippen LogP contribution in [0.4, 0.5) is 0 Å². The summed E-state index contributed by atoms with van der Waals surface area (Å²) in [6, 6.07) is 0.737. The Labute approximate surface area is 92.2 Å². The third-order valence-corrected chi connectivity index (χ3v) is 3.32. The minimum absolute atomic E-state index is 0.547. The molecule has 0 unspecified atom stereocenters. The van der Waals surface area contributed by atoms with Crippen LogP contribution in [0.15, 0.2) is 0 Å². The Morgan fingerprint density at radius 2 is 2.21 bits per heavy atom. The summed E-state index contributed by atoms with van der Waals surface area (Å²) in [5, 5.41) is 3.52. The van der Waals surface area contributed by atoms with E-state index in [-0.39, 0.29) is 0 Å². The average molecular weight is 217 g/mol. The summed E-state index contributed by atoms with van der Waals surface area (Å²) in [5.41, 5.74) is 0. The molecule has 0 spiro atoms. The van der Waals surface area contributed by atoms with Crippen molar-refractivity contribution >= 4 is 11.8 Å². The maximum absolute atomic E-state index is 5.74. The first-order valence-electron chi connectivity index (χ1n) is 5.70. The third kappa shape index (κ3) is 4.67. The number of ether oxygens (including phenoxy) is 1. The molecule has 0 atom stereocenters. The van der Waals surface area contributed by atoms with Gasteiger partial charge in [0.25, 0.3) is 0 Å². The highest BCUT2D eigenvalue weighted by molar-refractivity contribution is 7.98. The van der Waals surface area contributed by atoms with Crippen LogP contribution < -0.4 is 5.32 Å². The molecular formula is C11H23NOS. The van der Waals surface area contributed by atoms with Gasteiger partial charge in [0, 0.05) is 12.6 Å². The van der Waals surface area contributed by atoms with Gasteiger partial charge in [0.15, 0.2) is 0 Å². The molecule has 14 heavy (non-hydrogen) atoms. The molecule has 0 bridgehead atoms. The first kappa shape index (κ1) is 12.3. The molecule has 1 rings (SSSR count). The van der Waals surface area contributed by atoms with Crippen LogP contribution in [0, 0.1) is 0 Å². The lowest BCUT2D eigenvalue weighted by molar-refractivity contribution is -0.0155. The first-order valence-corrected chi connectivity index (χ1v) is 7.10. The van der Waals surface area contributed by atoms with Crippen LogP contribution in [-0.4, -0.2) is 37.3 Å². The van der Waals surface area contributed by atoms with Crippen molar-refractivity contribution in [1.29, 1.82) is 0 Å². The minimum atomic E-state index is 0.547. The van der Waals surface area contributed by atoms with E-state index >= 15 is 0 Å². The highest BCUT2D eigenvalue weighted by Gasteiger charge is 2.28. The lowest BCUT2D eigenvalue weighted by atomic mass is 9.89. The van der Waals surface area contributed by atoms with Crippen LogP contribution in [0.5, 0.6) is 0 Å². The van der Waals surface area contributed by atoms with Crippen LogP contribution in [0.25, 0.3) is 0 Å². The van der Waals surface area contributed by atoms with Crippen molar-refractivity contribution in [2.24, 2.45) is 0 Å². The van der Waals surface area contributed by atoms with E-state index in [0.717, 1.165) is 19.2 Å². The molecule has 0 aromatic rings. The number of rotatable bonds is 8. The van der Waals surface area contributed by atoms with Crippen molar-refractivity contribution in [3.8, 4) is 0 Å². The van der Waals surface area contributed by atoms with Gasteiger partial charge in [0.2, 0.25) is 0 Å². The van der Waals surface area contributed by atoms with Gasteiger partial charge in [-0.1, -0.05) is 6.92 Å². The van der Waals surface area contributed by atoms with Gasteiger partial charge in [-0.15, -0.1) is 0 Å². The van der Waals surface area contributed by atoms with Crippen molar-refractivity contribution in [3.63, 3.8) is 0 Å². The molecule has 0 aliphatic heterocycles. The summed E-state index contributed by atoms with van der Waals surface area (Å²) in [5.74, 6) is 1.23. The fourth-order valence-electron chi connectivity index (χ4n) is 1.67. The zero-order valence-electron chi connectivity index (χ0n) is 9.42. The van der Waals surface area contributed by atoms with Crippen LogP contribution in [0.1, 0.15) is 32.6 Å². The molecule has 84 valence electrons. The van der Waals surface area contributed by atoms with Crippen molar-refractivity contribution in [2.45, 2.75) is 44.8 Å². The normalized spacial score (nSPS) is 26.1. The summed E-state index contributed by atoms with van der Waals surface area (Å²) in [6.07, 6.45) is 7.57. The van der Waals surface area contributed by atoms with Gasteiger partial charge in [-0.2, -0.15) is 11.8 Å². The molecule has 0 aromatic heterocycles. The number of hydrogen-bond donors (Lipinski definition) is 1. The Bertz CT molecular complexity index is 134. The quantitative estimate of drug-likeness (QED) is 0.630. The summed E-state index contributed by atoms with van der Waals surface area (Å²) in [6.45, 7) is 4.32. The van der Waals surface area contributed by atoms with Gasteiger partial charge >= 0.3 is 0 Å². The van der Waals surface area contributed by atoms with E-state index in [1.54, 1.807) is 0 Å². The fraction of sp³-hybridized carbons (Fsp3) is 1.00. The molecule has 1 fully saturated rings. The topological polar surface area (TPSA) is 21.3 Å². The van der Waals surface area contributed by atoms with Crippen molar-refractivity contribution < 1.29 is 4.74 Å². The minimum Gasteiger partial charge on any atom is -0.378 e. The molecular weight excluding hydrogens is 194 g/mol. The maximum atomic E-state index is 5.74. The zero-order chi connectivity index (χ0) is 10.2. The second-order valence-corrected chi connectivity index (χ2v) is 4.95. The fourth-order valence-corrected chi connectivity index (χ4v) is 2.08. The van der Waals surface area contributed by atoms with E-state index in [1.165, 1.54) is 31.4 Å². The molecule has 0 amide bonds. The number of thioether (sulfide) groups is 1. The second-order valence-electron chi connectivity index (χ2n) is 3.96. The summed E-state index contributed by atoms with van der Waals surface area (Å²) in [4.78, 5) is 0. The largest absolute Gasteiger partial charge is 0.378 e. The smallest absolute Gasteiger partial charge is 0.0604 e. The van der Waals surface area contributed by atoms with E-state index < -0.39 is 0 Å². The molecule has 0 saturated heterocycles. The highest BCUT2D eigenvalue weighted by Crippen LogP contribution is 2.23. The van der Waals surface area contributed by atoms with Crippen molar-refractivity contribution in [3.05, 3.63) is 0 Å². The molecule has 1 aliphatic carbocycles. The molecule has 1 N–H and O–H groups in total. The molecule has 3 heteroatoms. The Morgan fingerprint density at radius 3 is 2.86 bits per heavy atom. The van der Waals surface area contributed by atoms with Crippen LogP contribution >= 0.6 is 11.8 Å². The summed E-state index contributed by atoms with van der Waals surface area (Å²) >= 11 is 1.90. The van der Waals surface area contributed by atoms with E-state index in [1.807, 2.05) is 11.8 Å². The van der Waals surface area contributed by atoms with Gasteiger partial charge in [-0.3, -0.25) is 0 Å². The summed E-state index contributed by atoms with van der Waals surface area (Å²) < 4.78 is 5.74. The lowest BCUT2D eigenvalue weighted by Crippen LogP contribution is -2.45. The molecule has 0 radical (unpaired) electrons. The summed E-state index contributed by atoms with van der Waals surface area (Å²) in [7, 11) is 0. The van der Waals surface area contributed by atoms with Gasteiger partial charge in [0.05, 0.1) is 6.10 Å². The van der Waals surface area contributed by atoms with E-state index in [9.17, 15) is 0 Å². The second kappa shape index (κ2) is 7.55. The standard InChI is InChI=1S/C11H23NOS/c1-3-5-12-10-8-11(9-10)13-6-4-7-14-2/h10-12H,3-9H2,1-2H3/t10-,11-. The monoisotopic (exact) mass is 217 g/mol. The highest BCUT2D eigenvalue weighted by atomic mass is 32.2. The Hall–Kier alpha value is 0.270. The number of nitrogens with one attached hydrogen (secondary N) is 1. The Kier molecular flexibility index (Phi) is 6.65. The Balaban J connectivity index is 1.84. The SMILES string of the molecule is CCCN[C@H]1C[C@H](OCCCSC)C1.